The van der Waals surface area contributed by atoms with E-state index in [1.807, 2.05) is 30.0 Å². The van der Waals surface area contributed by atoms with Crippen molar-refractivity contribution in [2.24, 2.45) is 0 Å². The molecular weight excluding hydrogens is 294 g/mol. The maximum Gasteiger partial charge on any atom is 0.322 e. The van der Waals surface area contributed by atoms with Crippen LogP contribution in [0.4, 0.5) is 10.5 Å². The number of thiazole rings is 1. The lowest BCUT2D eigenvalue weighted by Crippen LogP contribution is -2.46. The molecule has 2 fully saturated rings. The molecule has 1 aromatic heterocycles. The summed E-state index contributed by atoms with van der Waals surface area (Å²) >= 11 is 1.67. The lowest BCUT2D eigenvalue weighted by molar-refractivity contribution is 0.174. The number of urea groups is 1. The molecule has 0 spiro atoms. The summed E-state index contributed by atoms with van der Waals surface area (Å²) in [5, 5.41) is 4.10. The van der Waals surface area contributed by atoms with Crippen LogP contribution in [0, 0.1) is 6.92 Å². The van der Waals surface area contributed by atoms with Crippen LogP contribution in [-0.4, -0.2) is 28.0 Å². The Morgan fingerprint density at radius 3 is 2.82 bits per heavy atom. The molecule has 2 aliphatic rings. The smallest absolute Gasteiger partial charge is 0.318 e. The Morgan fingerprint density at radius 1 is 1.36 bits per heavy atom. The summed E-state index contributed by atoms with van der Waals surface area (Å²) in [5.74, 6) is 0. The zero-order valence-electron chi connectivity index (χ0n) is 12.6. The molecule has 2 aromatic rings. The van der Waals surface area contributed by atoms with Crippen LogP contribution >= 0.6 is 11.3 Å². The largest absolute Gasteiger partial charge is 0.322 e. The first-order valence-electron chi connectivity index (χ1n) is 7.73. The topological polar surface area (TPSA) is 45.2 Å². The number of nitrogens with zero attached hydrogens (tertiary/aromatic N) is 2. The highest BCUT2D eigenvalue weighted by Gasteiger charge is 2.40. The van der Waals surface area contributed by atoms with Gasteiger partial charge in [-0.2, -0.15) is 0 Å². The van der Waals surface area contributed by atoms with Crippen LogP contribution in [-0.2, 0) is 0 Å². The van der Waals surface area contributed by atoms with Gasteiger partial charge in [0, 0.05) is 17.8 Å². The molecule has 2 unspecified atom stereocenters. The Balaban J connectivity index is 1.54. The fourth-order valence-corrected chi connectivity index (χ4v) is 4.56. The summed E-state index contributed by atoms with van der Waals surface area (Å²) in [4.78, 5) is 19.2. The van der Waals surface area contributed by atoms with Crippen molar-refractivity contribution >= 4 is 33.3 Å². The van der Waals surface area contributed by atoms with Crippen molar-refractivity contribution < 1.29 is 4.79 Å². The van der Waals surface area contributed by atoms with Crippen LogP contribution in [0.2, 0.25) is 0 Å². The zero-order chi connectivity index (χ0) is 15.3. The van der Waals surface area contributed by atoms with Crippen molar-refractivity contribution in [1.29, 1.82) is 0 Å². The third kappa shape index (κ3) is 2.29. The number of hydrogen-bond donors (Lipinski definition) is 1. The van der Waals surface area contributed by atoms with E-state index >= 15 is 0 Å². The Hall–Kier alpha value is -1.88. The van der Waals surface area contributed by atoms with Crippen LogP contribution in [0.1, 0.15) is 30.7 Å². The molecule has 2 saturated heterocycles. The van der Waals surface area contributed by atoms with E-state index in [0.717, 1.165) is 46.6 Å². The van der Waals surface area contributed by atoms with Gasteiger partial charge < -0.3 is 10.2 Å². The van der Waals surface area contributed by atoms with Gasteiger partial charge in [0.05, 0.1) is 15.2 Å². The average molecular weight is 313 g/mol. The fraction of sp³-hybridized carbons (Fsp3) is 0.412. The van der Waals surface area contributed by atoms with E-state index in [2.05, 4.69) is 16.9 Å². The second kappa shape index (κ2) is 5.09. The lowest BCUT2D eigenvalue weighted by Gasteiger charge is -2.35. The number of carbonyl (C=O) groups is 1. The van der Waals surface area contributed by atoms with Gasteiger partial charge in [-0.1, -0.05) is 12.2 Å². The molecule has 114 valence electrons. The Labute approximate surface area is 133 Å². The summed E-state index contributed by atoms with van der Waals surface area (Å²) in [5.41, 5.74) is 3.07. The van der Waals surface area contributed by atoms with Gasteiger partial charge in [0.2, 0.25) is 0 Å². The van der Waals surface area contributed by atoms with E-state index in [1.54, 1.807) is 11.3 Å². The van der Waals surface area contributed by atoms with Gasteiger partial charge in [0.1, 0.15) is 0 Å². The lowest BCUT2D eigenvalue weighted by atomic mass is 9.99. The Morgan fingerprint density at radius 2 is 2.09 bits per heavy atom. The van der Waals surface area contributed by atoms with Crippen LogP contribution in [0.25, 0.3) is 10.2 Å². The van der Waals surface area contributed by atoms with Crippen molar-refractivity contribution in [2.45, 2.75) is 44.7 Å². The highest BCUT2D eigenvalue weighted by molar-refractivity contribution is 7.18. The molecule has 2 aliphatic heterocycles. The van der Waals surface area contributed by atoms with Crippen LogP contribution in [0.5, 0.6) is 0 Å². The Kier molecular flexibility index (Phi) is 3.18. The first-order chi connectivity index (χ1) is 10.6. The van der Waals surface area contributed by atoms with Crippen molar-refractivity contribution in [3.05, 3.63) is 35.4 Å². The number of rotatable bonds is 1. The normalized spacial score (nSPS) is 24.0. The minimum atomic E-state index is 0.0197. The van der Waals surface area contributed by atoms with Crippen LogP contribution < -0.4 is 5.32 Å². The number of hydrogen-bond acceptors (Lipinski definition) is 3. The summed E-state index contributed by atoms with van der Waals surface area (Å²) in [6.45, 7) is 6.10. The maximum atomic E-state index is 12.6. The molecular formula is C17H19N3OS. The second-order valence-electron chi connectivity index (χ2n) is 6.30. The number of carbonyl (C=O) groups excluding carboxylic acids is 1. The van der Waals surface area contributed by atoms with Crippen molar-refractivity contribution in [2.75, 3.05) is 5.32 Å². The summed E-state index contributed by atoms with van der Waals surface area (Å²) in [6, 6.07) is 6.63. The number of anilines is 1. The molecule has 0 aliphatic carbocycles. The standard InChI is InChI=1S/C17H19N3OS/c1-10-7-13-4-5-14(8-10)20(13)17(21)19-12-3-6-16-15(9-12)18-11(2)22-16/h3,6,9,13-14H,1,4-5,7-8H2,2H3,(H,19,21). The number of aryl methyl sites for hydroxylation is 1. The SMILES string of the molecule is C=C1CC2CCC(C1)N2C(=O)Nc1ccc2sc(C)nc2c1. The van der Waals surface area contributed by atoms with Gasteiger partial charge in [0.15, 0.2) is 0 Å². The van der Waals surface area contributed by atoms with E-state index < -0.39 is 0 Å². The maximum absolute atomic E-state index is 12.6. The number of amides is 2. The van der Waals surface area contributed by atoms with Gasteiger partial charge >= 0.3 is 6.03 Å². The number of piperidine rings is 1. The molecule has 2 bridgehead atoms. The van der Waals surface area contributed by atoms with Crippen LogP contribution in [0.15, 0.2) is 30.4 Å². The quantitative estimate of drug-likeness (QED) is 0.797. The minimum absolute atomic E-state index is 0.0197. The molecule has 22 heavy (non-hydrogen) atoms. The van der Waals surface area contributed by atoms with E-state index in [4.69, 9.17) is 0 Å². The molecule has 4 nitrogen and oxygen atoms in total. The van der Waals surface area contributed by atoms with Gasteiger partial charge in [-0.15, -0.1) is 11.3 Å². The molecule has 0 radical (unpaired) electrons. The first-order valence-corrected chi connectivity index (χ1v) is 8.55. The molecule has 0 saturated carbocycles. The average Bonchev–Trinajstić information content (AvgIpc) is 2.95. The molecule has 2 amide bonds. The second-order valence-corrected chi connectivity index (χ2v) is 7.53. The van der Waals surface area contributed by atoms with Crippen molar-refractivity contribution in [3.8, 4) is 0 Å². The number of aromatic nitrogens is 1. The molecule has 4 rings (SSSR count). The predicted octanol–water partition coefficient (Wildman–Crippen LogP) is 4.32. The van der Waals surface area contributed by atoms with E-state index in [-0.39, 0.29) is 6.03 Å². The fourth-order valence-electron chi connectivity index (χ4n) is 3.75. The summed E-state index contributed by atoms with van der Waals surface area (Å²) in [6.07, 6.45) is 4.10. The monoisotopic (exact) mass is 313 g/mol. The summed E-state index contributed by atoms with van der Waals surface area (Å²) in [7, 11) is 0. The molecule has 3 heterocycles. The first kappa shape index (κ1) is 13.8. The molecule has 1 aromatic carbocycles. The van der Waals surface area contributed by atoms with Gasteiger partial charge in [-0.05, 0) is 50.8 Å². The van der Waals surface area contributed by atoms with E-state index in [1.165, 1.54) is 5.57 Å². The summed E-state index contributed by atoms with van der Waals surface area (Å²) < 4.78 is 1.16. The molecule has 1 N–H and O–H groups in total. The van der Waals surface area contributed by atoms with Gasteiger partial charge in [0.25, 0.3) is 0 Å². The number of nitrogens with one attached hydrogen (secondary N) is 1. The van der Waals surface area contributed by atoms with Gasteiger partial charge in [-0.3, -0.25) is 0 Å². The van der Waals surface area contributed by atoms with Gasteiger partial charge in [-0.25, -0.2) is 9.78 Å². The van der Waals surface area contributed by atoms with E-state index in [0.29, 0.717) is 12.1 Å². The third-order valence-electron chi connectivity index (χ3n) is 4.65. The highest BCUT2D eigenvalue weighted by atomic mass is 32.1. The number of benzene rings is 1. The predicted molar refractivity (Wildman–Crippen MR) is 90.4 cm³/mol. The molecule has 2 atom stereocenters. The van der Waals surface area contributed by atoms with Crippen LogP contribution in [0.3, 0.4) is 0 Å². The van der Waals surface area contributed by atoms with Crippen molar-refractivity contribution in [1.82, 2.24) is 9.88 Å². The zero-order valence-corrected chi connectivity index (χ0v) is 13.4. The highest BCUT2D eigenvalue weighted by Crippen LogP contribution is 2.38. The third-order valence-corrected chi connectivity index (χ3v) is 5.60. The number of fused-ring (bicyclic) bond motifs is 3. The van der Waals surface area contributed by atoms with E-state index in [9.17, 15) is 4.79 Å². The minimum Gasteiger partial charge on any atom is -0.318 e. The Bertz CT molecular complexity index is 750. The van der Waals surface area contributed by atoms with Crippen molar-refractivity contribution in [3.63, 3.8) is 0 Å². The molecule has 5 heteroatoms.